The van der Waals surface area contributed by atoms with E-state index >= 15 is 0 Å². The Labute approximate surface area is 146 Å². The predicted octanol–water partition coefficient (Wildman–Crippen LogP) is 3.47. The molecule has 2 rings (SSSR count). The highest BCUT2D eigenvalue weighted by atomic mass is 28.4. The van der Waals surface area contributed by atoms with E-state index in [0.29, 0.717) is 6.54 Å². The highest BCUT2D eigenvalue weighted by Crippen LogP contribution is 2.36. The number of aromatic carboxylic acids is 1. The number of hydrogen-bond acceptors (Lipinski definition) is 4. The number of fused-ring (bicyclic) bond motifs is 1. The molecule has 0 fully saturated rings. The fourth-order valence-corrected chi connectivity index (χ4v) is 3.78. The Balaban J connectivity index is 1.99. The van der Waals surface area contributed by atoms with Crippen LogP contribution in [0.3, 0.4) is 0 Å². The van der Waals surface area contributed by atoms with Crippen LogP contribution in [0.2, 0.25) is 18.1 Å². The second kappa shape index (κ2) is 6.94. The van der Waals surface area contributed by atoms with Gasteiger partial charge in [-0.2, -0.15) is 0 Å². The number of aromatic nitrogens is 1. The number of aryl methyl sites for hydroxylation is 1. The fourth-order valence-electron chi connectivity index (χ4n) is 2.74. The molecule has 5 nitrogen and oxygen atoms in total. The SMILES string of the molecule is Cc1cc(C(=O)O)nc2c1CCN(CCO[Si](C)(C)C(C)(C)C)C2. The van der Waals surface area contributed by atoms with Crippen molar-refractivity contribution in [3.8, 4) is 0 Å². The van der Waals surface area contributed by atoms with E-state index in [1.165, 1.54) is 5.56 Å². The van der Waals surface area contributed by atoms with Crippen molar-refractivity contribution in [2.45, 2.75) is 58.8 Å². The summed E-state index contributed by atoms with van der Waals surface area (Å²) >= 11 is 0. The first kappa shape index (κ1) is 19.1. The molecule has 1 aliphatic rings. The van der Waals surface area contributed by atoms with E-state index < -0.39 is 14.3 Å². The topological polar surface area (TPSA) is 62.7 Å². The first-order valence-electron chi connectivity index (χ1n) is 8.60. The number of nitrogens with zero attached hydrogens (tertiary/aromatic N) is 2. The van der Waals surface area contributed by atoms with Crippen molar-refractivity contribution in [3.05, 3.63) is 28.6 Å². The third-order valence-electron chi connectivity index (χ3n) is 5.38. The molecular formula is C18H30N2O3Si. The van der Waals surface area contributed by atoms with Crippen LogP contribution in [-0.2, 0) is 17.4 Å². The second-order valence-corrected chi connectivity index (χ2v) is 13.0. The van der Waals surface area contributed by atoms with Gasteiger partial charge in [0, 0.05) is 26.2 Å². The zero-order valence-electron chi connectivity index (χ0n) is 15.8. The predicted molar refractivity (Wildman–Crippen MR) is 98.1 cm³/mol. The zero-order chi connectivity index (χ0) is 18.1. The van der Waals surface area contributed by atoms with Gasteiger partial charge in [0.2, 0.25) is 0 Å². The summed E-state index contributed by atoms with van der Waals surface area (Å²) in [6.45, 7) is 16.5. The monoisotopic (exact) mass is 350 g/mol. The minimum absolute atomic E-state index is 0.144. The standard InChI is InChI=1S/C18H30N2O3Si/c1-13-11-15(17(21)22)19-16-12-20(8-7-14(13)16)9-10-23-24(5,6)18(2,3)4/h11H,7-10,12H2,1-6H3,(H,21,22). The molecule has 0 aliphatic carbocycles. The van der Waals surface area contributed by atoms with Gasteiger partial charge in [-0.1, -0.05) is 20.8 Å². The van der Waals surface area contributed by atoms with Gasteiger partial charge in [-0.15, -0.1) is 0 Å². The third-order valence-corrected chi connectivity index (χ3v) is 9.92. The molecule has 134 valence electrons. The van der Waals surface area contributed by atoms with E-state index in [4.69, 9.17) is 4.43 Å². The number of carbonyl (C=O) groups is 1. The van der Waals surface area contributed by atoms with Gasteiger partial charge in [0.1, 0.15) is 5.69 Å². The lowest BCUT2D eigenvalue weighted by atomic mass is 9.99. The maximum absolute atomic E-state index is 11.2. The van der Waals surface area contributed by atoms with Crippen LogP contribution in [0.1, 0.15) is 48.1 Å². The van der Waals surface area contributed by atoms with E-state index in [2.05, 4.69) is 43.7 Å². The molecule has 24 heavy (non-hydrogen) atoms. The van der Waals surface area contributed by atoms with Gasteiger partial charge in [0.05, 0.1) is 5.69 Å². The molecule has 6 heteroatoms. The number of pyridine rings is 1. The van der Waals surface area contributed by atoms with Gasteiger partial charge in [0.15, 0.2) is 8.32 Å². The summed E-state index contributed by atoms with van der Waals surface area (Å²) < 4.78 is 6.25. The average Bonchev–Trinajstić information content (AvgIpc) is 2.45. The lowest BCUT2D eigenvalue weighted by molar-refractivity contribution is 0.0689. The summed E-state index contributed by atoms with van der Waals surface area (Å²) in [6, 6.07) is 1.68. The van der Waals surface area contributed by atoms with Crippen LogP contribution in [-0.4, -0.2) is 49.0 Å². The number of carboxylic acid groups (broad SMARTS) is 1. The second-order valence-electron chi connectivity index (χ2n) is 8.19. The molecule has 0 amide bonds. The maximum atomic E-state index is 11.2. The van der Waals surface area contributed by atoms with Crippen LogP contribution in [0.15, 0.2) is 6.07 Å². The van der Waals surface area contributed by atoms with Crippen molar-refractivity contribution in [3.63, 3.8) is 0 Å². The van der Waals surface area contributed by atoms with Crippen LogP contribution in [0, 0.1) is 6.92 Å². The Hall–Kier alpha value is -1.24. The largest absolute Gasteiger partial charge is 0.477 e. The van der Waals surface area contributed by atoms with Crippen LogP contribution < -0.4 is 0 Å². The molecule has 0 unspecified atom stereocenters. The summed E-state index contributed by atoms with van der Waals surface area (Å²) in [7, 11) is -1.71. The minimum atomic E-state index is -1.71. The quantitative estimate of drug-likeness (QED) is 0.824. The highest BCUT2D eigenvalue weighted by Gasteiger charge is 2.37. The van der Waals surface area contributed by atoms with Gasteiger partial charge >= 0.3 is 5.97 Å². The fraction of sp³-hybridized carbons (Fsp3) is 0.667. The molecule has 0 spiro atoms. The zero-order valence-corrected chi connectivity index (χ0v) is 16.8. The van der Waals surface area contributed by atoms with Crippen LogP contribution in [0.5, 0.6) is 0 Å². The lowest BCUT2D eigenvalue weighted by Crippen LogP contribution is -2.43. The van der Waals surface area contributed by atoms with Gasteiger partial charge in [-0.3, -0.25) is 4.90 Å². The van der Waals surface area contributed by atoms with E-state index in [-0.39, 0.29) is 10.7 Å². The molecule has 2 heterocycles. The Kier molecular flexibility index (Phi) is 5.52. The Bertz CT molecular complexity index is 623. The van der Waals surface area contributed by atoms with Crippen molar-refractivity contribution in [1.82, 2.24) is 9.88 Å². The summed E-state index contributed by atoms with van der Waals surface area (Å²) in [5.41, 5.74) is 3.30. The van der Waals surface area contributed by atoms with E-state index in [1.807, 2.05) is 6.92 Å². The Morgan fingerprint density at radius 2 is 2.08 bits per heavy atom. The van der Waals surface area contributed by atoms with Crippen molar-refractivity contribution < 1.29 is 14.3 Å². The normalized spacial score (nSPS) is 16.1. The summed E-state index contributed by atoms with van der Waals surface area (Å²) in [6.07, 6.45) is 0.925. The van der Waals surface area contributed by atoms with Gasteiger partial charge in [-0.25, -0.2) is 9.78 Å². The third kappa shape index (κ3) is 4.23. The first-order chi connectivity index (χ1) is 11.0. The minimum Gasteiger partial charge on any atom is -0.477 e. The molecule has 0 saturated heterocycles. The molecular weight excluding hydrogens is 320 g/mol. The first-order valence-corrected chi connectivity index (χ1v) is 11.5. The molecule has 0 radical (unpaired) electrons. The van der Waals surface area contributed by atoms with Gasteiger partial charge in [0.25, 0.3) is 0 Å². The average molecular weight is 351 g/mol. The van der Waals surface area contributed by atoms with Crippen LogP contribution in [0.4, 0.5) is 0 Å². The van der Waals surface area contributed by atoms with Crippen LogP contribution >= 0.6 is 0 Å². The van der Waals surface area contributed by atoms with E-state index in [1.54, 1.807) is 6.07 Å². The van der Waals surface area contributed by atoms with Crippen molar-refractivity contribution in [2.75, 3.05) is 19.7 Å². The smallest absolute Gasteiger partial charge is 0.354 e. The van der Waals surface area contributed by atoms with Crippen molar-refractivity contribution in [2.24, 2.45) is 0 Å². The van der Waals surface area contributed by atoms with E-state index in [0.717, 1.165) is 37.4 Å². The summed E-state index contributed by atoms with van der Waals surface area (Å²) in [5.74, 6) is -0.959. The molecule has 0 saturated carbocycles. The number of carboxylic acids is 1. The lowest BCUT2D eigenvalue weighted by Gasteiger charge is -2.37. The Morgan fingerprint density at radius 3 is 2.67 bits per heavy atom. The molecule has 0 atom stereocenters. The number of rotatable bonds is 5. The molecule has 1 aromatic rings. The summed E-state index contributed by atoms with van der Waals surface area (Å²) in [4.78, 5) is 17.9. The van der Waals surface area contributed by atoms with Crippen molar-refractivity contribution in [1.29, 1.82) is 0 Å². The molecule has 1 aliphatic heterocycles. The van der Waals surface area contributed by atoms with Crippen LogP contribution in [0.25, 0.3) is 0 Å². The highest BCUT2D eigenvalue weighted by molar-refractivity contribution is 6.74. The van der Waals surface area contributed by atoms with Gasteiger partial charge in [-0.05, 0) is 48.7 Å². The molecule has 0 aromatic carbocycles. The Morgan fingerprint density at radius 1 is 1.42 bits per heavy atom. The number of hydrogen-bond donors (Lipinski definition) is 1. The van der Waals surface area contributed by atoms with Gasteiger partial charge < -0.3 is 9.53 Å². The summed E-state index contributed by atoms with van der Waals surface area (Å²) in [5, 5.41) is 9.41. The molecule has 0 bridgehead atoms. The van der Waals surface area contributed by atoms with Crippen molar-refractivity contribution >= 4 is 14.3 Å². The van der Waals surface area contributed by atoms with E-state index in [9.17, 15) is 9.90 Å². The maximum Gasteiger partial charge on any atom is 0.354 e. The molecule has 1 aromatic heterocycles. The molecule has 1 N–H and O–H groups in total.